The normalized spacial score (nSPS) is 17.8. The Bertz CT molecular complexity index is 2000. The van der Waals surface area contributed by atoms with Crippen LogP contribution in [0, 0.1) is 0 Å². The number of fused-ring (bicyclic) bond motifs is 6. The van der Waals surface area contributed by atoms with Gasteiger partial charge in [0.1, 0.15) is 23.0 Å². The van der Waals surface area contributed by atoms with Crippen molar-refractivity contribution in [3.8, 4) is 45.3 Å². The second kappa shape index (κ2) is 14.6. The minimum atomic E-state index is -2.72. The maximum atomic E-state index is 12.8. The highest BCUT2D eigenvalue weighted by Crippen LogP contribution is 2.55. The molecule has 2 unspecified atom stereocenters. The molecule has 2 heterocycles. The molecule has 2 aliphatic rings. The lowest BCUT2D eigenvalue weighted by Gasteiger charge is -2.27. The quantitative estimate of drug-likeness (QED) is 0.179. The molecular weight excluding hydrogens is 650 g/mol. The van der Waals surface area contributed by atoms with Gasteiger partial charge in [0.05, 0.1) is 10.6 Å². The highest BCUT2D eigenvalue weighted by Gasteiger charge is 2.34. The summed E-state index contributed by atoms with van der Waals surface area (Å²) in [6.07, 6.45) is 1.86. The van der Waals surface area contributed by atoms with Gasteiger partial charge < -0.3 is 19.3 Å². The standard InChI is InChI=1S/2C14H13O2P.C13H12O2/c2*1-2-17(15)14-10-6-4-8-12(14)11-7-3-5-9-13(11)16-17;14-12-5-1-10(2-6-12)9-11-3-7-13(15)8-4-11/h2*3-10H,2H2,1H3;1-8,14-15H,9H2. The molecule has 6 aromatic rings. The zero-order valence-corrected chi connectivity index (χ0v) is 29.2. The number of benzene rings is 6. The number of phenolic OH excluding ortho intramolecular Hbond substituents is 2. The summed E-state index contributed by atoms with van der Waals surface area (Å²) < 4.78 is 37.0. The zero-order valence-electron chi connectivity index (χ0n) is 27.4. The maximum absolute atomic E-state index is 12.8. The second-order valence-corrected chi connectivity index (χ2v) is 17.0. The van der Waals surface area contributed by atoms with Crippen LogP contribution in [-0.2, 0) is 15.6 Å². The van der Waals surface area contributed by atoms with Crippen molar-refractivity contribution in [1.82, 2.24) is 0 Å². The van der Waals surface area contributed by atoms with Crippen molar-refractivity contribution in [1.29, 1.82) is 0 Å². The minimum Gasteiger partial charge on any atom is -0.508 e. The first-order valence-electron chi connectivity index (χ1n) is 16.2. The first-order valence-corrected chi connectivity index (χ1v) is 19.9. The second-order valence-electron chi connectivity index (χ2n) is 11.7. The summed E-state index contributed by atoms with van der Waals surface area (Å²) in [7, 11) is -5.43. The van der Waals surface area contributed by atoms with Crippen LogP contribution < -0.4 is 19.7 Å². The number of hydrogen-bond donors (Lipinski definition) is 2. The molecule has 49 heavy (non-hydrogen) atoms. The highest BCUT2D eigenvalue weighted by molar-refractivity contribution is 7.68. The summed E-state index contributed by atoms with van der Waals surface area (Å²) >= 11 is 0. The van der Waals surface area contributed by atoms with Gasteiger partial charge in [-0.2, -0.15) is 0 Å². The highest BCUT2D eigenvalue weighted by atomic mass is 31.2. The fourth-order valence-electron chi connectivity index (χ4n) is 5.88. The molecule has 0 amide bonds. The minimum absolute atomic E-state index is 0.282. The van der Waals surface area contributed by atoms with Crippen LogP contribution in [0.1, 0.15) is 25.0 Å². The van der Waals surface area contributed by atoms with Crippen LogP contribution in [-0.4, -0.2) is 22.5 Å². The average Bonchev–Trinajstić information content (AvgIpc) is 3.14. The summed E-state index contributed by atoms with van der Waals surface area (Å²) in [6.45, 7) is 3.82. The van der Waals surface area contributed by atoms with E-state index in [-0.39, 0.29) is 11.5 Å². The van der Waals surface area contributed by atoms with Crippen LogP contribution in [0.5, 0.6) is 23.0 Å². The molecule has 248 valence electrons. The van der Waals surface area contributed by atoms with E-state index in [9.17, 15) is 9.13 Å². The maximum Gasteiger partial charge on any atom is 0.277 e. The van der Waals surface area contributed by atoms with Gasteiger partial charge in [-0.3, -0.25) is 9.13 Å². The van der Waals surface area contributed by atoms with Gasteiger partial charge in [0, 0.05) is 23.5 Å². The molecule has 0 spiro atoms. The first-order chi connectivity index (χ1) is 23.7. The lowest BCUT2D eigenvalue weighted by Crippen LogP contribution is -2.18. The number of hydrogen-bond acceptors (Lipinski definition) is 6. The van der Waals surface area contributed by atoms with E-state index in [0.717, 1.165) is 61.9 Å². The van der Waals surface area contributed by atoms with E-state index < -0.39 is 14.7 Å². The number of phenols is 2. The Labute approximate surface area is 287 Å². The largest absolute Gasteiger partial charge is 0.508 e. The Balaban J connectivity index is 0.000000128. The predicted molar refractivity (Wildman–Crippen MR) is 200 cm³/mol. The Kier molecular flexibility index (Phi) is 10.1. The molecule has 8 heteroatoms. The predicted octanol–water partition coefficient (Wildman–Crippen LogP) is 10.0. The summed E-state index contributed by atoms with van der Waals surface area (Å²) in [5.74, 6) is 2.03. The topological polar surface area (TPSA) is 93.1 Å². The van der Waals surface area contributed by atoms with Gasteiger partial charge in [0.25, 0.3) is 14.7 Å². The summed E-state index contributed by atoms with van der Waals surface area (Å²) in [4.78, 5) is 0. The smallest absolute Gasteiger partial charge is 0.277 e. The Morgan fingerprint density at radius 1 is 0.449 bits per heavy atom. The monoisotopic (exact) mass is 688 g/mol. The Hall–Kier alpha value is -5.02. The molecule has 0 aliphatic carbocycles. The SMILES string of the molecule is CCP1(=O)Oc2ccccc2-c2ccccc21.CCP1(=O)Oc2ccccc2-c2ccccc21.Oc1ccc(Cc2ccc(O)cc2)cc1. The summed E-state index contributed by atoms with van der Waals surface area (Å²) in [5.41, 5.74) is 6.42. The van der Waals surface area contributed by atoms with Crippen molar-refractivity contribution in [2.75, 3.05) is 12.3 Å². The fraction of sp³-hybridized carbons (Fsp3) is 0.122. The number of rotatable bonds is 4. The Morgan fingerprint density at radius 2 is 0.776 bits per heavy atom. The van der Waals surface area contributed by atoms with Gasteiger partial charge >= 0.3 is 0 Å². The van der Waals surface area contributed by atoms with E-state index in [2.05, 4.69) is 0 Å². The van der Waals surface area contributed by atoms with E-state index in [1.165, 1.54) is 0 Å². The van der Waals surface area contributed by atoms with E-state index in [0.29, 0.717) is 12.3 Å². The lowest BCUT2D eigenvalue weighted by atomic mass is 10.0. The van der Waals surface area contributed by atoms with Crippen molar-refractivity contribution in [2.24, 2.45) is 0 Å². The molecule has 0 radical (unpaired) electrons. The van der Waals surface area contributed by atoms with Crippen LogP contribution in [0.25, 0.3) is 22.3 Å². The third-order valence-corrected chi connectivity index (χ3v) is 13.4. The summed E-state index contributed by atoms with van der Waals surface area (Å²) in [6, 6.07) is 45.4. The third kappa shape index (κ3) is 7.37. The van der Waals surface area contributed by atoms with Crippen molar-refractivity contribution in [2.45, 2.75) is 20.3 Å². The van der Waals surface area contributed by atoms with E-state index >= 15 is 0 Å². The van der Waals surface area contributed by atoms with Gasteiger partial charge in [-0.1, -0.05) is 111 Å². The van der Waals surface area contributed by atoms with E-state index in [1.54, 1.807) is 24.3 Å². The van der Waals surface area contributed by atoms with Gasteiger partial charge in [-0.25, -0.2) is 0 Å². The molecule has 0 aromatic heterocycles. The van der Waals surface area contributed by atoms with Crippen molar-refractivity contribution in [3.05, 3.63) is 157 Å². The molecule has 2 aliphatic heterocycles. The van der Waals surface area contributed by atoms with Gasteiger partial charge in [-0.15, -0.1) is 0 Å². The fourth-order valence-corrected chi connectivity index (χ4v) is 9.72. The first kappa shape index (κ1) is 33.9. The molecule has 2 N–H and O–H groups in total. The van der Waals surface area contributed by atoms with Crippen LogP contribution in [0.4, 0.5) is 0 Å². The molecule has 6 aromatic carbocycles. The lowest BCUT2D eigenvalue weighted by molar-refractivity contribution is 0.475. The van der Waals surface area contributed by atoms with E-state index in [4.69, 9.17) is 19.3 Å². The van der Waals surface area contributed by atoms with Crippen molar-refractivity contribution >= 4 is 25.3 Å². The van der Waals surface area contributed by atoms with Crippen molar-refractivity contribution < 1.29 is 28.4 Å². The number of para-hydroxylation sites is 2. The van der Waals surface area contributed by atoms with Crippen molar-refractivity contribution in [3.63, 3.8) is 0 Å². The molecule has 6 nitrogen and oxygen atoms in total. The van der Waals surface area contributed by atoms with Gasteiger partial charge in [0.15, 0.2) is 0 Å². The van der Waals surface area contributed by atoms with Gasteiger partial charge in [0.2, 0.25) is 0 Å². The van der Waals surface area contributed by atoms with E-state index in [1.807, 2.05) is 135 Å². The van der Waals surface area contributed by atoms with Crippen LogP contribution >= 0.6 is 14.7 Å². The Morgan fingerprint density at radius 3 is 1.14 bits per heavy atom. The molecule has 0 bridgehead atoms. The zero-order chi connectivity index (χ0) is 34.4. The molecule has 8 rings (SSSR count). The van der Waals surface area contributed by atoms with Crippen LogP contribution in [0.15, 0.2) is 146 Å². The third-order valence-electron chi connectivity index (χ3n) is 8.50. The molecule has 0 saturated heterocycles. The van der Waals surface area contributed by atoms with Gasteiger partial charge in [-0.05, 0) is 77.2 Å². The summed E-state index contributed by atoms with van der Waals surface area (Å²) in [5, 5.41) is 19.9. The number of aromatic hydroxyl groups is 2. The molecule has 0 fully saturated rings. The molecular formula is C41H38O6P2. The van der Waals surface area contributed by atoms with Crippen LogP contribution in [0.2, 0.25) is 0 Å². The molecule has 0 saturated carbocycles. The molecule has 2 atom stereocenters. The van der Waals surface area contributed by atoms with Crippen LogP contribution in [0.3, 0.4) is 0 Å². The average molecular weight is 689 g/mol.